The van der Waals surface area contributed by atoms with Crippen molar-refractivity contribution in [3.63, 3.8) is 0 Å². The van der Waals surface area contributed by atoms with E-state index >= 15 is 0 Å². The van der Waals surface area contributed by atoms with Crippen molar-refractivity contribution in [2.24, 2.45) is 11.5 Å². The van der Waals surface area contributed by atoms with Gasteiger partial charge in [0, 0.05) is 11.4 Å². The van der Waals surface area contributed by atoms with Gasteiger partial charge in [0.15, 0.2) is 0 Å². The number of benzene rings is 1. The van der Waals surface area contributed by atoms with Crippen LogP contribution in [0.2, 0.25) is 0 Å². The van der Waals surface area contributed by atoms with Crippen molar-refractivity contribution in [2.45, 2.75) is 39.0 Å². The van der Waals surface area contributed by atoms with Crippen LogP contribution < -0.4 is 22.1 Å². The predicted molar refractivity (Wildman–Crippen MR) is 115 cm³/mol. The zero-order valence-electron chi connectivity index (χ0n) is 17.0. The molecule has 7 N–H and O–H groups in total. The number of nitrogens with one attached hydrogen (secondary N) is 2. The zero-order valence-corrected chi connectivity index (χ0v) is 17.8. The minimum atomic E-state index is -0.998. The van der Waals surface area contributed by atoms with Crippen molar-refractivity contribution in [3.8, 4) is 10.4 Å². The standard InChI is InChI=1S/C20H26N4O5S/c1-20(2,3)29-10-14(18(26)27)23-9-11-5-4-6-12(7-11)15-8-13(16(21)25)17(30-15)24-19(22)28/h4-8,14,23H,9-10H2,1-3H3,(H2,21,25)(H,26,27)(H3,22,24,28)/t14-/m0/s1. The Labute approximate surface area is 178 Å². The average Bonchev–Trinajstić information content (AvgIpc) is 3.04. The molecule has 1 aromatic carbocycles. The van der Waals surface area contributed by atoms with Gasteiger partial charge in [0.25, 0.3) is 5.91 Å². The summed E-state index contributed by atoms with van der Waals surface area (Å²) in [4.78, 5) is 35.0. The number of hydrogen-bond donors (Lipinski definition) is 5. The second kappa shape index (κ2) is 9.70. The summed E-state index contributed by atoms with van der Waals surface area (Å²) in [5, 5.41) is 15.1. The first kappa shape index (κ1) is 23.3. The van der Waals surface area contributed by atoms with E-state index in [2.05, 4.69) is 10.6 Å². The lowest BCUT2D eigenvalue weighted by Crippen LogP contribution is -2.42. The molecule has 0 aliphatic rings. The summed E-state index contributed by atoms with van der Waals surface area (Å²) < 4.78 is 5.57. The normalized spacial score (nSPS) is 12.4. The quantitative estimate of drug-likeness (QED) is 0.408. The highest BCUT2D eigenvalue weighted by Gasteiger charge is 2.21. The number of aliphatic carboxylic acids is 1. The van der Waals surface area contributed by atoms with E-state index in [0.29, 0.717) is 11.4 Å². The Morgan fingerprint density at radius 3 is 2.47 bits per heavy atom. The molecule has 0 aliphatic heterocycles. The largest absolute Gasteiger partial charge is 0.480 e. The molecule has 0 aliphatic carbocycles. The van der Waals surface area contributed by atoms with E-state index in [1.54, 1.807) is 6.07 Å². The van der Waals surface area contributed by atoms with Gasteiger partial charge in [-0.15, -0.1) is 11.3 Å². The Bertz CT molecular complexity index is 936. The van der Waals surface area contributed by atoms with E-state index in [1.807, 2.05) is 45.0 Å². The van der Waals surface area contributed by atoms with Crippen LogP contribution in [0.1, 0.15) is 36.7 Å². The number of thiophene rings is 1. The number of carboxylic acids is 1. The Morgan fingerprint density at radius 2 is 1.90 bits per heavy atom. The van der Waals surface area contributed by atoms with Gasteiger partial charge >= 0.3 is 12.0 Å². The van der Waals surface area contributed by atoms with Crippen molar-refractivity contribution >= 4 is 34.2 Å². The van der Waals surface area contributed by atoms with E-state index in [-0.39, 0.29) is 17.2 Å². The summed E-state index contributed by atoms with van der Waals surface area (Å²) >= 11 is 1.17. The number of carbonyl (C=O) groups is 3. The summed E-state index contributed by atoms with van der Waals surface area (Å²) in [6, 6.07) is 7.31. The first-order valence-electron chi connectivity index (χ1n) is 9.16. The second-order valence-electron chi connectivity index (χ2n) is 7.60. The van der Waals surface area contributed by atoms with Crippen LogP contribution in [-0.4, -0.2) is 41.3 Å². The molecule has 9 nitrogen and oxygen atoms in total. The van der Waals surface area contributed by atoms with Gasteiger partial charge in [0.1, 0.15) is 11.0 Å². The fourth-order valence-corrected chi connectivity index (χ4v) is 3.61. The van der Waals surface area contributed by atoms with Gasteiger partial charge in [-0.1, -0.05) is 18.2 Å². The summed E-state index contributed by atoms with van der Waals surface area (Å²) in [6.45, 7) is 5.92. The Balaban J connectivity index is 2.17. The van der Waals surface area contributed by atoms with Gasteiger partial charge in [-0.3, -0.25) is 20.2 Å². The third kappa shape index (κ3) is 6.83. The first-order chi connectivity index (χ1) is 14.0. The number of rotatable bonds is 9. The Morgan fingerprint density at radius 1 is 1.20 bits per heavy atom. The lowest BCUT2D eigenvalue weighted by atomic mass is 10.1. The minimum absolute atomic E-state index is 0.0353. The highest BCUT2D eigenvalue weighted by Crippen LogP contribution is 2.35. The third-order valence-electron chi connectivity index (χ3n) is 3.98. The molecule has 3 amide bonds. The van der Waals surface area contributed by atoms with Gasteiger partial charge in [0.05, 0.1) is 17.8 Å². The van der Waals surface area contributed by atoms with Gasteiger partial charge in [-0.25, -0.2) is 4.79 Å². The predicted octanol–water partition coefficient (Wildman–Crippen LogP) is 2.36. The molecule has 10 heteroatoms. The number of urea groups is 1. The van der Waals surface area contributed by atoms with E-state index in [1.165, 1.54) is 11.3 Å². The Kier molecular flexibility index (Phi) is 7.54. The number of ether oxygens (including phenoxy) is 1. The maximum Gasteiger partial charge on any atom is 0.323 e. The van der Waals surface area contributed by atoms with Crippen LogP contribution in [0.4, 0.5) is 9.80 Å². The van der Waals surface area contributed by atoms with Crippen molar-refractivity contribution in [2.75, 3.05) is 11.9 Å². The van der Waals surface area contributed by atoms with Crippen molar-refractivity contribution < 1.29 is 24.2 Å². The van der Waals surface area contributed by atoms with Crippen LogP contribution in [0.25, 0.3) is 10.4 Å². The molecule has 0 bridgehead atoms. The fourth-order valence-electron chi connectivity index (χ4n) is 2.55. The summed E-state index contributed by atoms with van der Waals surface area (Å²) in [5.41, 5.74) is 11.9. The molecular weight excluding hydrogens is 408 g/mol. The number of nitrogens with two attached hydrogens (primary N) is 2. The Hall–Kier alpha value is -2.95. The lowest BCUT2D eigenvalue weighted by molar-refractivity contribution is -0.142. The van der Waals surface area contributed by atoms with Gasteiger partial charge in [-0.05, 0) is 44.0 Å². The fraction of sp³-hybridized carbons (Fsp3) is 0.350. The zero-order chi connectivity index (χ0) is 22.5. The van der Waals surface area contributed by atoms with Crippen LogP contribution >= 0.6 is 11.3 Å². The topological polar surface area (TPSA) is 157 Å². The maximum absolute atomic E-state index is 11.6. The monoisotopic (exact) mass is 434 g/mol. The van der Waals surface area contributed by atoms with Crippen LogP contribution in [0.5, 0.6) is 0 Å². The van der Waals surface area contributed by atoms with Crippen molar-refractivity contribution in [1.82, 2.24) is 5.32 Å². The first-order valence-corrected chi connectivity index (χ1v) is 9.97. The summed E-state index contributed by atoms with van der Waals surface area (Å²) in [6.07, 6.45) is 0. The van der Waals surface area contributed by atoms with Crippen LogP contribution in [0, 0.1) is 0 Å². The van der Waals surface area contributed by atoms with Crippen molar-refractivity contribution in [1.29, 1.82) is 0 Å². The molecule has 162 valence electrons. The lowest BCUT2D eigenvalue weighted by Gasteiger charge is -2.23. The number of amides is 3. The van der Waals surface area contributed by atoms with Crippen molar-refractivity contribution in [3.05, 3.63) is 41.5 Å². The molecule has 0 unspecified atom stereocenters. The van der Waals surface area contributed by atoms with Crippen LogP contribution in [-0.2, 0) is 16.1 Å². The highest BCUT2D eigenvalue weighted by atomic mass is 32.1. The van der Waals surface area contributed by atoms with Gasteiger partial charge < -0.3 is 21.3 Å². The molecule has 2 rings (SSSR count). The molecule has 1 heterocycles. The molecule has 0 saturated carbocycles. The van der Waals surface area contributed by atoms with Gasteiger partial charge in [-0.2, -0.15) is 0 Å². The summed E-state index contributed by atoms with van der Waals surface area (Å²) in [5.74, 6) is -1.68. The second-order valence-corrected chi connectivity index (χ2v) is 8.65. The van der Waals surface area contributed by atoms with E-state index in [4.69, 9.17) is 16.2 Å². The third-order valence-corrected chi connectivity index (χ3v) is 5.08. The van der Waals surface area contributed by atoms with Gasteiger partial charge in [0.2, 0.25) is 0 Å². The smallest absolute Gasteiger partial charge is 0.323 e. The van der Waals surface area contributed by atoms with E-state index in [0.717, 1.165) is 11.1 Å². The number of carboxylic acid groups (broad SMARTS) is 1. The minimum Gasteiger partial charge on any atom is -0.480 e. The molecule has 1 atom stereocenters. The molecular formula is C20H26N4O5S. The molecule has 0 saturated heterocycles. The SMILES string of the molecule is CC(C)(C)OC[C@H](NCc1cccc(-c2cc(C(N)=O)c(NC(N)=O)s2)c1)C(=O)O. The maximum atomic E-state index is 11.6. The van der Waals surface area contributed by atoms with Crippen LogP contribution in [0.3, 0.4) is 0 Å². The number of primary amides is 2. The van der Waals surface area contributed by atoms with E-state index < -0.39 is 29.6 Å². The summed E-state index contributed by atoms with van der Waals surface area (Å²) in [7, 11) is 0. The molecule has 30 heavy (non-hydrogen) atoms. The molecule has 0 spiro atoms. The molecule has 0 radical (unpaired) electrons. The molecule has 1 aromatic heterocycles. The van der Waals surface area contributed by atoms with Crippen LogP contribution in [0.15, 0.2) is 30.3 Å². The number of hydrogen-bond acceptors (Lipinski definition) is 6. The number of anilines is 1. The average molecular weight is 435 g/mol. The molecule has 0 fully saturated rings. The number of carbonyl (C=O) groups excluding carboxylic acids is 2. The van der Waals surface area contributed by atoms with E-state index in [9.17, 15) is 19.5 Å². The molecule has 2 aromatic rings. The highest BCUT2D eigenvalue weighted by molar-refractivity contribution is 7.20.